The van der Waals surface area contributed by atoms with Crippen LogP contribution in [0.1, 0.15) is 5.56 Å². The van der Waals surface area contributed by atoms with Gasteiger partial charge in [0.15, 0.2) is 5.82 Å². The SMILES string of the molecule is N#Cc1cccc(-c2cc(-c3cccc(-n4c5ccccc5c5cc(-c6ccc7c(c6)c6ccccc6n7-c6ccccc6)ccc54)c3)nc(-c3cccc(-n4c5ccccc5c5cc(-c6ccc7c(c6)c6ccccc6n7-c6ccccc6)ccc54)c3)n2)c1. The van der Waals surface area contributed by atoms with Crippen LogP contribution in [0.4, 0.5) is 0 Å². The zero-order chi connectivity index (χ0) is 59.4. The molecule has 0 aliphatic heterocycles. The summed E-state index contributed by atoms with van der Waals surface area (Å²) in [5.74, 6) is 0.580. The number of nitrogens with zero attached hydrogens (tertiary/aromatic N) is 7. The summed E-state index contributed by atoms with van der Waals surface area (Å²) in [6, 6.07) is 113. The number of nitriles is 1. The van der Waals surface area contributed by atoms with Crippen LogP contribution >= 0.6 is 0 Å². The third-order valence-corrected chi connectivity index (χ3v) is 18.2. The van der Waals surface area contributed by atoms with Crippen molar-refractivity contribution >= 4 is 87.2 Å². The molecular weight excluding hydrogens is 1090 g/mol. The first-order chi connectivity index (χ1) is 44.6. The van der Waals surface area contributed by atoms with Crippen LogP contribution < -0.4 is 0 Å². The van der Waals surface area contributed by atoms with Gasteiger partial charge in [-0.2, -0.15) is 5.26 Å². The summed E-state index contributed by atoms with van der Waals surface area (Å²) in [7, 11) is 0. The van der Waals surface area contributed by atoms with E-state index >= 15 is 0 Å². The molecule has 0 aliphatic rings. The van der Waals surface area contributed by atoms with E-state index in [-0.39, 0.29) is 0 Å². The second-order valence-electron chi connectivity index (χ2n) is 23.3. The van der Waals surface area contributed by atoms with E-state index in [0.717, 1.165) is 89.6 Å². The van der Waals surface area contributed by atoms with Crippen LogP contribution in [0.3, 0.4) is 0 Å². The van der Waals surface area contributed by atoms with Crippen molar-refractivity contribution in [3.63, 3.8) is 0 Å². The largest absolute Gasteiger partial charge is 0.309 e. The van der Waals surface area contributed by atoms with Crippen molar-refractivity contribution in [1.82, 2.24) is 28.2 Å². The summed E-state index contributed by atoms with van der Waals surface area (Å²) in [6.07, 6.45) is 0. The molecular formula is C83H51N7. The predicted octanol–water partition coefficient (Wildman–Crippen LogP) is 21.1. The molecule has 7 heteroatoms. The highest BCUT2D eigenvalue weighted by Gasteiger charge is 2.21. The second kappa shape index (κ2) is 20.4. The Kier molecular flexibility index (Phi) is 11.5. The Hall–Kier alpha value is -12.4. The lowest BCUT2D eigenvalue weighted by Crippen LogP contribution is -1.99. The van der Waals surface area contributed by atoms with Gasteiger partial charge < -0.3 is 18.3 Å². The van der Waals surface area contributed by atoms with E-state index in [0.29, 0.717) is 11.4 Å². The normalized spacial score (nSPS) is 11.8. The molecule has 0 atom stereocenters. The van der Waals surface area contributed by atoms with E-state index in [1.54, 1.807) is 0 Å². The van der Waals surface area contributed by atoms with Crippen LogP contribution in [0.2, 0.25) is 0 Å². The second-order valence-corrected chi connectivity index (χ2v) is 23.3. The summed E-state index contributed by atoms with van der Waals surface area (Å²) in [6.45, 7) is 0. The first-order valence-electron chi connectivity index (χ1n) is 30.4. The highest BCUT2D eigenvalue weighted by atomic mass is 15.0. The van der Waals surface area contributed by atoms with Gasteiger partial charge in [-0.15, -0.1) is 0 Å². The van der Waals surface area contributed by atoms with Gasteiger partial charge in [-0.3, -0.25) is 0 Å². The van der Waals surface area contributed by atoms with Gasteiger partial charge in [0, 0.05) is 82.5 Å². The lowest BCUT2D eigenvalue weighted by Gasteiger charge is -2.13. The molecule has 18 aromatic rings. The van der Waals surface area contributed by atoms with Gasteiger partial charge >= 0.3 is 0 Å². The lowest BCUT2D eigenvalue weighted by molar-refractivity contribution is 1.15. The van der Waals surface area contributed by atoms with Crippen molar-refractivity contribution in [2.24, 2.45) is 0 Å². The highest BCUT2D eigenvalue weighted by molar-refractivity contribution is 6.15. The minimum absolute atomic E-state index is 0.565. The molecule has 0 bridgehead atoms. The van der Waals surface area contributed by atoms with Gasteiger partial charge in [-0.1, -0.05) is 170 Å². The van der Waals surface area contributed by atoms with Gasteiger partial charge in [0.1, 0.15) is 0 Å². The minimum atomic E-state index is 0.565. The maximum absolute atomic E-state index is 10.1. The van der Waals surface area contributed by atoms with E-state index in [2.05, 4.69) is 309 Å². The van der Waals surface area contributed by atoms with E-state index < -0.39 is 0 Å². The fourth-order valence-corrected chi connectivity index (χ4v) is 14.1. The van der Waals surface area contributed by atoms with Crippen LogP contribution in [-0.4, -0.2) is 28.2 Å². The molecule has 90 heavy (non-hydrogen) atoms. The van der Waals surface area contributed by atoms with Gasteiger partial charge in [0.25, 0.3) is 0 Å². The Balaban J connectivity index is 0.734. The molecule has 0 aliphatic carbocycles. The van der Waals surface area contributed by atoms with Gasteiger partial charge in [0.2, 0.25) is 0 Å². The number of fused-ring (bicyclic) bond motifs is 12. The highest BCUT2D eigenvalue weighted by Crippen LogP contribution is 2.42. The van der Waals surface area contributed by atoms with E-state index in [4.69, 9.17) is 9.97 Å². The molecule has 5 aromatic heterocycles. The molecule has 0 saturated heterocycles. The maximum atomic E-state index is 10.1. The van der Waals surface area contributed by atoms with Crippen LogP contribution in [0.5, 0.6) is 0 Å². The van der Waals surface area contributed by atoms with Crippen molar-refractivity contribution in [3.8, 4) is 85.0 Å². The smallest absolute Gasteiger partial charge is 0.160 e. The van der Waals surface area contributed by atoms with Crippen molar-refractivity contribution in [2.45, 2.75) is 0 Å². The van der Waals surface area contributed by atoms with Crippen LogP contribution in [-0.2, 0) is 0 Å². The molecule has 0 radical (unpaired) electrons. The molecule has 0 N–H and O–H groups in total. The zero-order valence-electron chi connectivity index (χ0n) is 48.6. The van der Waals surface area contributed by atoms with Gasteiger partial charge in [-0.25, -0.2) is 9.97 Å². The third kappa shape index (κ3) is 8.13. The Labute approximate surface area is 517 Å². The lowest BCUT2D eigenvalue weighted by atomic mass is 10.0. The summed E-state index contributed by atoms with van der Waals surface area (Å²) in [5.41, 5.74) is 22.8. The average Bonchev–Trinajstić information content (AvgIpc) is 1.65. The van der Waals surface area contributed by atoms with Crippen molar-refractivity contribution in [3.05, 3.63) is 315 Å². The molecule has 7 nitrogen and oxygen atoms in total. The summed E-state index contributed by atoms with van der Waals surface area (Å²) in [4.78, 5) is 10.8. The van der Waals surface area contributed by atoms with E-state index in [9.17, 15) is 5.26 Å². The number of para-hydroxylation sites is 6. The fourth-order valence-electron chi connectivity index (χ4n) is 14.1. The standard InChI is InChI=1S/C83H51N7/c84-52-53-18-15-19-58(44-53)73-51-74(59-20-16-26-63(45-59)89-77-34-13-9-30-67(77)71-49-56(38-42-81(71)89)54-36-40-79-69(47-54)65-28-7-11-32-75(65)87(79)61-22-3-1-4-23-61)86-83(85-73)60-21-17-27-64(46-60)90-78-35-14-10-31-68(78)72-50-57(39-43-82(72)90)55-37-41-80-70(48-55)66-29-8-12-33-76(66)88(80)62-24-5-2-6-25-62/h1-51H. The van der Waals surface area contributed by atoms with Gasteiger partial charge in [0.05, 0.1) is 67.2 Å². The minimum Gasteiger partial charge on any atom is -0.309 e. The molecule has 5 heterocycles. The number of aromatic nitrogens is 6. The third-order valence-electron chi connectivity index (χ3n) is 18.2. The number of hydrogen-bond acceptors (Lipinski definition) is 3. The monoisotopic (exact) mass is 1150 g/mol. The molecule has 0 unspecified atom stereocenters. The Bertz CT molecular complexity index is 5660. The van der Waals surface area contributed by atoms with Crippen molar-refractivity contribution < 1.29 is 0 Å². The topological polar surface area (TPSA) is 69.3 Å². The van der Waals surface area contributed by atoms with Gasteiger partial charge in [-0.05, 0) is 162 Å². The number of benzene rings is 13. The molecule has 0 saturated carbocycles. The number of rotatable bonds is 9. The van der Waals surface area contributed by atoms with Crippen LogP contribution in [0, 0.1) is 11.3 Å². The van der Waals surface area contributed by atoms with E-state index in [1.165, 1.54) is 70.7 Å². The van der Waals surface area contributed by atoms with Crippen molar-refractivity contribution in [1.29, 1.82) is 5.26 Å². The zero-order valence-corrected chi connectivity index (χ0v) is 48.6. The summed E-state index contributed by atoms with van der Waals surface area (Å²) < 4.78 is 9.46. The summed E-state index contributed by atoms with van der Waals surface area (Å²) in [5, 5.41) is 19.7. The first kappa shape index (κ1) is 50.9. The quantitative estimate of drug-likeness (QED) is 0.145. The Morgan fingerprint density at radius 1 is 0.222 bits per heavy atom. The fraction of sp³-hybridized carbons (Fsp3) is 0. The Morgan fingerprint density at radius 3 is 0.933 bits per heavy atom. The Morgan fingerprint density at radius 2 is 0.533 bits per heavy atom. The maximum Gasteiger partial charge on any atom is 0.160 e. The molecule has 418 valence electrons. The van der Waals surface area contributed by atoms with Crippen LogP contribution in [0.15, 0.2) is 309 Å². The first-order valence-corrected chi connectivity index (χ1v) is 30.4. The van der Waals surface area contributed by atoms with Crippen LogP contribution in [0.25, 0.3) is 166 Å². The summed E-state index contributed by atoms with van der Waals surface area (Å²) >= 11 is 0. The predicted molar refractivity (Wildman–Crippen MR) is 371 cm³/mol. The molecule has 18 rings (SSSR count). The molecule has 0 fully saturated rings. The number of hydrogen-bond donors (Lipinski definition) is 0. The average molecular weight is 1150 g/mol. The molecule has 13 aromatic carbocycles. The van der Waals surface area contributed by atoms with E-state index in [1.807, 2.05) is 24.3 Å². The van der Waals surface area contributed by atoms with Crippen molar-refractivity contribution in [2.75, 3.05) is 0 Å². The molecule has 0 amide bonds. The molecule has 0 spiro atoms.